The van der Waals surface area contributed by atoms with Crippen molar-refractivity contribution in [3.05, 3.63) is 35.4 Å². The molecular weight excluding hydrogens is 160 g/mol. The van der Waals surface area contributed by atoms with E-state index in [1.165, 1.54) is 0 Å². The summed E-state index contributed by atoms with van der Waals surface area (Å²) in [5, 5.41) is 16.9. The lowest BCUT2D eigenvalue weighted by atomic mass is 10.1. The molecule has 2 nitrogen and oxygen atoms in total. The third-order valence-electron chi connectivity index (χ3n) is 1.80. The fourth-order valence-electron chi connectivity index (χ4n) is 1.19. The Morgan fingerprint density at radius 2 is 1.85 bits per heavy atom. The van der Waals surface area contributed by atoms with Gasteiger partial charge in [0.25, 0.3) is 0 Å². The highest BCUT2D eigenvalue weighted by Gasteiger charge is 1.94. The van der Waals surface area contributed by atoms with Crippen LogP contribution in [0.25, 0.3) is 0 Å². The normalized spacial score (nSPS) is 8.77. The summed E-state index contributed by atoms with van der Waals surface area (Å²) in [6, 6.07) is 12.0. The van der Waals surface area contributed by atoms with Gasteiger partial charge in [-0.3, -0.25) is 0 Å². The van der Waals surface area contributed by atoms with Crippen molar-refractivity contribution in [1.82, 2.24) is 0 Å². The Kier molecular flexibility index (Phi) is 3.54. The number of hydrogen-bond donors (Lipinski definition) is 0. The van der Waals surface area contributed by atoms with Crippen molar-refractivity contribution in [3.8, 4) is 12.1 Å². The Bertz CT molecular complexity index is 355. The van der Waals surface area contributed by atoms with Crippen molar-refractivity contribution in [3.63, 3.8) is 0 Å². The first-order valence-electron chi connectivity index (χ1n) is 4.18. The summed E-state index contributed by atoms with van der Waals surface area (Å²) in [7, 11) is 0. The second-order valence-corrected chi connectivity index (χ2v) is 2.81. The summed E-state index contributed by atoms with van der Waals surface area (Å²) in [5.74, 6) is 0. The molecule has 64 valence electrons. The quantitative estimate of drug-likeness (QED) is 0.698. The Labute approximate surface area is 78.0 Å². The van der Waals surface area contributed by atoms with Crippen LogP contribution in [-0.4, -0.2) is 0 Å². The van der Waals surface area contributed by atoms with E-state index >= 15 is 0 Å². The van der Waals surface area contributed by atoms with Gasteiger partial charge < -0.3 is 0 Å². The molecule has 1 aromatic rings. The molecule has 1 rings (SSSR count). The third kappa shape index (κ3) is 2.97. The molecule has 0 fully saturated rings. The zero-order chi connectivity index (χ0) is 9.52. The van der Waals surface area contributed by atoms with Crippen LogP contribution in [0.2, 0.25) is 0 Å². The summed E-state index contributed by atoms with van der Waals surface area (Å²) in [4.78, 5) is 0. The number of hydrogen-bond acceptors (Lipinski definition) is 2. The van der Waals surface area contributed by atoms with E-state index in [2.05, 4.69) is 12.1 Å². The van der Waals surface area contributed by atoms with Crippen molar-refractivity contribution < 1.29 is 0 Å². The van der Waals surface area contributed by atoms with Crippen molar-refractivity contribution in [2.45, 2.75) is 19.3 Å². The van der Waals surface area contributed by atoms with Crippen LogP contribution in [0.4, 0.5) is 0 Å². The molecule has 0 saturated carbocycles. The first-order chi connectivity index (χ1) is 6.36. The summed E-state index contributed by atoms with van der Waals surface area (Å²) in [5.41, 5.74) is 2.16. The third-order valence-corrected chi connectivity index (χ3v) is 1.80. The zero-order valence-electron chi connectivity index (χ0n) is 7.33. The Morgan fingerprint density at radius 3 is 2.54 bits per heavy atom. The largest absolute Gasteiger partial charge is 0.198 e. The van der Waals surface area contributed by atoms with Gasteiger partial charge in [-0.05, 0) is 17.5 Å². The van der Waals surface area contributed by atoms with Gasteiger partial charge in [0.2, 0.25) is 0 Å². The SMILES string of the molecule is N#CCCc1cccc(CC#N)c1. The standard InChI is InChI=1S/C11H10N2/c12-7-2-5-10-3-1-4-11(9-10)6-8-13/h1,3-4,9H,2,5-6H2. The number of benzene rings is 1. The van der Waals surface area contributed by atoms with Crippen LogP contribution in [0, 0.1) is 22.7 Å². The smallest absolute Gasteiger partial charge is 0.0669 e. The minimum absolute atomic E-state index is 0.445. The van der Waals surface area contributed by atoms with Crippen LogP contribution >= 0.6 is 0 Å². The summed E-state index contributed by atoms with van der Waals surface area (Å²) < 4.78 is 0. The van der Waals surface area contributed by atoms with Crippen LogP contribution in [-0.2, 0) is 12.8 Å². The average molecular weight is 170 g/mol. The zero-order valence-corrected chi connectivity index (χ0v) is 7.33. The van der Waals surface area contributed by atoms with E-state index in [0.717, 1.165) is 17.5 Å². The molecular formula is C11H10N2. The van der Waals surface area contributed by atoms with E-state index in [-0.39, 0.29) is 0 Å². The Morgan fingerprint density at radius 1 is 1.08 bits per heavy atom. The van der Waals surface area contributed by atoms with Crippen molar-refractivity contribution in [1.29, 1.82) is 10.5 Å². The maximum atomic E-state index is 8.48. The van der Waals surface area contributed by atoms with Crippen LogP contribution in [0.5, 0.6) is 0 Å². The van der Waals surface area contributed by atoms with Crippen LogP contribution in [0.15, 0.2) is 24.3 Å². The summed E-state index contributed by atoms with van der Waals surface area (Å²) >= 11 is 0. The molecule has 0 spiro atoms. The maximum absolute atomic E-state index is 8.48. The molecule has 0 radical (unpaired) electrons. The molecule has 0 aliphatic carbocycles. The molecule has 1 aromatic carbocycles. The predicted octanol–water partition coefficient (Wildman–Crippen LogP) is 2.21. The van der Waals surface area contributed by atoms with Crippen molar-refractivity contribution in [2.24, 2.45) is 0 Å². The highest BCUT2D eigenvalue weighted by atomic mass is 14.2. The van der Waals surface area contributed by atoms with E-state index < -0.39 is 0 Å². The lowest BCUT2D eigenvalue weighted by molar-refractivity contribution is 1.01. The fraction of sp³-hybridized carbons (Fsp3) is 0.273. The Hall–Kier alpha value is -1.80. The first-order valence-corrected chi connectivity index (χ1v) is 4.18. The molecule has 0 atom stereocenters. The molecule has 0 saturated heterocycles. The fourth-order valence-corrected chi connectivity index (χ4v) is 1.19. The molecule has 2 heteroatoms. The van der Waals surface area contributed by atoms with Gasteiger partial charge >= 0.3 is 0 Å². The molecule has 0 N–H and O–H groups in total. The van der Waals surface area contributed by atoms with Crippen molar-refractivity contribution >= 4 is 0 Å². The number of rotatable bonds is 3. The van der Waals surface area contributed by atoms with Gasteiger partial charge in [0.1, 0.15) is 0 Å². The summed E-state index contributed by atoms with van der Waals surface area (Å²) in [6.07, 6.45) is 1.76. The Balaban J connectivity index is 2.70. The van der Waals surface area contributed by atoms with Gasteiger partial charge in [0.05, 0.1) is 18.6 Å². The molecule has 0 amide bonds. The molecule has 0 aromatic heterocycles. The van der Waals surface area contributed by atoms with Gasteiger partial charge in [-0.25, -0.2) is 0 Å². The highest BCUT2D eigenvalue weighted by Crippen LogP contribution is 2.07. The first kappa shape index (κ1) is 9.29. The van der Waals surface area contributed by atoms with Crippen molar-refractivity contribution in [2.75, 3.05) is 0 Å². The highest BCUT2D eigenvalue weighted by molar-refractivity contribution is 5.25. The lowest BCUT2D eigenvalue weighted by Crippen LogP contribution is -1.87. The molecule has 13 heavy (non-hydrogen) atoms. The van der Waals surface area contributed by atoms with E-state index in [1.807, 2.05) is 24.3 Å². The predicted molar refractivity (Wildman–Crippen MR) is 49.7 cm³/mol. The molecule has 0 heterocycles. The van der Waals surface area contributed by atoms with Crippen LogP contribution in [0.3, 0.4) is 0 Å². The molecule has 0 unspecified atom stereocenters. The van der Waals surface area contributed by atoms with Gasteiger partial charge in [-0.15, -0.1) is 0 Å². The number of aryl methyl sites for hydroxylation is 1. The number of nitriles is 2. The number of nitrogens with zero attached hydrogens (tertiary/aromatic N) is 2. The minimum Gasteiger partial charge on any atom is -0.198 e. The summed E-state index contributed by atoms with van der Waals surface area (Å²) in [6.45, 7) is 0. The second kappa shape index (κ2) is 4.95. The van der Waals surface area contributed by atoms with Gasteiger partial charge in [-0.1, -0.05) is 24.3 Å². The molecule has 0 aliphatic heterocycles. The minimum atomic E-state index is 0.445. The van der Waals surface area contributed by atoms with E-state index in [4.69, 9.17) is 10.5 Å². The van der Waals surface area contributed by atoms with E-state index in [1.54, 1.807) is 0 Å². The average Bonchev–Trinajstić information content (AvgIpc) is 2.16. The van der Waals surface area contributed by atoms with E-state index in [9.17, 15) is 0 Å². The van der Waals surface area contributed by atoms with Gasteiger partial charge in [0.15, 0.2) is 0 Å². The monoisotopic (exact) mass is 170 g/mol. The molecule has 0 aliphatic rings. The van der Waals surface area contributed by atoms with Crippen LogP contribution < -0.4 is 0 Å². The van der Waals surface area contributed by atoms with Gasteiger partial charge in [0, 0.05) is 6.42 Å². The second-order valence-electron chi connectivity index (χ2n) is 2.81. The molecule has 0 bridgehead atoms. The maximum Gasteiger partial charge on any atom is 0.0669 e. The van der Waals surface area contributed by atoms with Gasteiger partial charge in [-0.2, -0.15) is 10.5 Å². The lowest BCUT2D eigenvalue weighted by Gasteiger charge is -1.99. The van der Waals surface area contributed by atoms with E-state index in [0.29, 0.717) is 12.8 Å². The topological polar surface area (TPSA) is 47.6 Å². The van der Waals surface area contributed by atoms with Crippen LogP contribution in [0.1, 0.15) is 17.5 Å².